The van der Waals surface area contributed by atoms with E-state index in [4.69, 9.17) is 0 Å². The fourth-order valence-electron chi connectivity index (χ4n) is 5.28. The van der Waals surface area contributed by atoms with E-state index in [-0.39, 0.29) is 5.41 Å². The molecule has 2 aliphatic carbocycles. The number of benzene rings is 2. The fourth-order valence-corrected chi connectivity index (χ4v) is 5.28. The number of nitrogens with zero attached hydrogens (tertiary/aromatic N) is 1. The summed E-state index contributed by atoms with van der Waals surface area (Å²) < 4.78 is 0. The molecule has 130 valence electrons. The van der Waals surface area contributed by atoms with Crippen molar-refractivity contribution < 1.29 is 0 Å². The fraction of sp³-hybridized carbons (Fsp3) is 0.292. The van der Waals surface area contributed by atoms with E-state index in [9.17, 15) is 0 Å². The van der Waals surface area contributed by atoms with Crippen LogP contribution in [-0.4, -0.2) is 4.98 Å². The van der Waals surface area contributed by atoms with Crippen molar-refractivity contribution in [3.63, 3.8) is 0 Å². The molecule has 0 amide bonds. The molecule has 0 saturated heterocycles. The molecule has 26 heavy (non-hydrogen) atoms. The summed E-state index contributed by atoms with van der Waals surface area (Å²) in [6, 6.07) is 19.7. The molecule has 0 fully saturated rings. The summed E-state index contributed by atoms with van der Waals surface area (Å²) >= 11 is 0. The van der Waals surface area contributed by atoms with Gasteiger partial charge in [-0.3, -0.25) is 4.98 Å². The Morgan fingerprint density at radius 3 is 2.42 bits per heavy atom. The first kappa shape index (κ1) is 15.6. The van der Waals surface area contributed by atoms with Crippen LogP contribution in [0.15, 0.2) is 60.8 Å². The molecule has 2 heteroatoms. The van der Waals surface area contributed by atoms with E-state index >= 15 is 0 Å². The van der Waals surface area contributed by atoms with Gasteiger partial charge in [0.1, 0.15) is 0 Å². The predicted octanol–water partition coefficient (Wildman–Crippen LogP) is 5.18. The second kappa shape index (κ2) is 5.98. The third-order valence-electron chi connectivity index (χ3n) is 6.30. The standard InChI is InChI=1S/C24H24N2/c1-17-6-4-7-18-11-13-24(22(17)18)14-12-19-8-5-10-21(23(19)24)26-16-20-9-2-3-15-25-20/h2-10,15,26H,11-14,16H2,1H3/t24-/m1/s1. The summed E-state index contributed by atoms with van der Waals surface area (Å²) in [5, 5.41) is 3.70. The van der Waals surface area contributed by atoms with Crippen LogP contribution in [0.2, 0.25) is 0 Å². The molecule has 2 aliphatic rings. The van der Waals surface area contributed by atoms with Crippen molar-refractivity contribution in [1.29, 1.82) is 0 Å². The molecule has 2 aromatic carbocycles. The van der Waals surface area contributed by atoms with Crippen LogP contribution in [0.25, 0.3) is 0 Å². The Hall–Kier alpha value is -2.61. The summed E-state index contributed by atoms with van der Waals surface area (Å²) in [6.45, 7) is 3.06. The Kier molecular flexibility index (Phi) is 3.59. The quantitative estimate of drug-likeness (QED) is 0.710. The lowest BCUT2D eigenvalue weighted by atomic mass is 9.74. The van der Waals surface area contributed by atoms with Crippen LogP contribution in [-0.2, 0) is 24.8 Å². The summed E-state index contributed by atoms with van der Waals surface area (Å²) in [6.07, 6.45) is 6.72. The van der Waals surface area contributed by atoms with Gasteiger partial charge in [0.2, 0.25) is 0 Å². The third-order valence-corrected chi connectivity index (χ3v) is 6.30. The lowest BCUT2D eigenvalue weighted by Gasteiger charge is -2.30. The molecule has 1 aromatic heterocycles. The maximum Gasteiger partial charge on any atom is 0.0594 e. The molecule has 0 unspecified atom stereocenters. The molecular formula is C24H24N2. The highest BCUT2D eigenvalue weighted by atomic mass is 14.9. The van der Waals surface area contributed by atoms with Crippen LogP contribution in [0.4, 0.5) is 5.69 Å². The van der Waals surface area contributed by atoms with E-state index in [1.807, 2.05) is 12.3 Å². The average Bonchev–Trinajstić information content (AvgIpc) is 3.25. The molecule has 0 bridgehead atoms. The largest absolute Gasteiger partial charge is 0.379 e. The summed E-state index contributed by atoms with van der Waals surface area (Å²) in [4.78, 5) is 4.46. The second-order valence-corrected chi connectivity index (χ2v) is 7.71. The zero-order valence-corrected chi connectivity index (χ0v) is 15.3. The molecule has 2 nitrogen and oxygen atoms in total. The first-order valence-electron chi connectivity index (χ1n) is 9.63. The molecule has 3 aromatic rings. The lowest BCUT2D eigenvalue weighted by Crippen LogP contribution is -2.24. The van der Waals surface area contributed by atoms with Crippen LogP contribution < -0.4 is 5.32 Å². The first-order chi connectivity index (χ1) is 12.8. The Bertz CT molecular complexity index is 957. The van der Waals surface area contributed by atoms with Crippen LogP contribution >= 0.6 is 0 Å². The van der Waals surface area contributed by atoms with Crippen molar-refractivity contribution in [3.8, 4) is 0 Å². The minimum Gasteiger partial charge on any atom is -0.379 e. The number of hydrogen-bond donors (Lipinski definition) is 1. The average molecular weight is 340 g/mol. The highest BCUT2D eigenvalue weighted by Gasteiger charge is 2.46. The number of fused-ring (bicyclic) bond motifs is 4. The lowest BCUT2D eigenvalue weighted by molar-refractivity contribution is 0.506. The van der Waals surface area contributed by atoms with Crippen molar-refractivity contribution in [2.75, 3.05) is 5.32 Å². The van der Waals surface area contributed by atoms with Gasteiger partial charge in [-0.25, -0.2) is 0 Å². The van der Waals surface area contributed by atoms with Gasteiger partial charge >= 0.3 is 0 Å². The van der Waals surface area contributed by atoms with Crippen molar-refractivity contribution in [3.05, 3.63) is 94.3 Å². The second-order valence-electron chi connectivity index (χ2n) is 7.71. The zero-order valence-electron chi connectivity index (χ0n) is 15.3. The van der Waals surface area contributed by atoms with Crippen molar-refractivity contribution in [2.24, 2.45) is 0 Å². The smallest absolute Gasteiger partial charge is 0.0594 e. The topological polar surface area (TPSA) is 24.9 Å². The van der Waals surface area contributed by atoms with Gasteiger partial charge in [-0.05, 0) is 78.6 Å². The first-order valence-corrected chi connectivity index (χ1v) is 9.63. The van der Waals surface area contributed by atoms with E-state index in [1.54, 1.807) is 16.7 Å². The minimum absolute atomic E-state index is 0.198. The molecule has 1 N–H and O–H groups in total. The predicted molar refractivity (Wildman–Crippen MR) is 107 cm³/mol. The van der Waals surface area contributed by atoms with E-state index < -0.39 is 0 Å². The molecule has 5 rings (SSSR count). The van der Waals surface area contributed by atoms with Gasteiger partial charge in [0.25, 0.3) is 0 Å². The number of nitrogens with one attached hydrogen (secondary N) is 1. The third kappa shape index (κ3) is 2.28. The Morgan fingerprint density at radius 1 is 0.885 bits per heavy atom. The van der Waals surface area contributed by atoms with E-state index in [1.165, 1.54) is 42.5 Å². The van der Waals surface area contributed by atoms with Gasteiger partial charge in [0.05, 0.1) is 12.2 Å². The summed E-state index contributed by atoms with van der Waals surface area (Å²) in [5.74, 6) is 0. The van der Waals surface area contributed by atoms with Crippen LogP contribution in [0, 0.1) is 6.92 Å². The molecule has 0 saturated carbocycles. The van der Waals surface area contributed by atoms with Gasteiger partial charge < -0.3 is 5.32 Å². The Balaban J connectivity index is 1.58. The van der Waals surface area contributed by atoms with Crippen LogP contribution in [0.3, 0.4) is 0 Å². The van der Waals surface area contributed by atoms with Gasteiger partial charge in [0, 0.05) is 17.3 Å². The number of anilines is 1. The van der Waals surface area contributed by atoms with Gasteiger partial charge in [-0.1, -0.05) is 36.4 Å². The molecule has 1 heterocycles. The monoisotopic (exact) mass is 340 g/mol. The highest BCUT2D eigenvalue weighted by molar-refractivity contribution is 5.67. The maximum absolute atomic E-state index is 4.46. The molecular weight excluding hydrogens is 316 g/mol. The number of pyridine rings is 1. The molecule has 1 atom stereocenters. The number of aryl methyl sites for hydroxylation is 3. The zero-order chi connectivity index (χ0) is 17.6. The molecule has 0 aliphatic heterocycles. The van der Waals surface area contributed by atoms with Crippen molar-refractivity contribution >= 4 is 5.69 Å². The molecule has 1 spiro atoms. The summed E-state index contributed by atoms with van der Waals surface area (Å²) in [5.41, 5.74) is 10.2. The van der Waals surface area contributed by atoms with Crippen molar-refractivity contribution in [2.45, 2.75) is 44.6 Å². The Labute approximate surface area is 155 Å². The van der Waals surface area contributed by atoms with Gasteiger partial charge in [-0.2, -0.15) is 0 Å². The van der Waals surface area contributed by atoms with E-state index in [0.29, 0.717) is 0 Å². The summed E-state index contributed by atoms with van der Waals surface area (Å²) in [7, 11) is 0. The normalized spacial score (nSPS) is 20.2. The number of hydrogen-bond acceptors (Lipinski definition) is 2. The number of rotatable bonds is 3. The van der Waals surface area contributed by atoms with Gasteiger partial charge in [0.15, 0.2) is 0 Å². The highest BCUT2D eigenvalue weighted by Crippen LogP contribution is 2.55. The van der Waals surface area contributed by atoms with Crippen LogP contribution in [0.5, 0.6) is 0 Å². The SMILES string of the molecule is Cc1cccc2c1[C@@]1(CC2)CCc2cccc(NCc3ccccn3)c21. The van der Waals surface area contributed by atoms with Crippen LogP contribution in [0.1, 0.15) is 46.4 Å². The maximum atomic E-state index is 4.46. The van der Waals surface area contributed by atoms with E-state index in [0.717, 1.165) is 12.2 Å². The van der Waals surface area contributed by atoms with Gasteiger partial charge in [-0.15, -0.1) is 0 Å². The molecule has 0 radical (unpaired) electrons. The Morgan fingerprint density at radius 2 is 1.65 bits per heavy atom. The van der Waals surface area contributed by atoms with E-state index in [2.05, 4.69) is 65.8 Å². The van der Waals surface area contributed by atoms with Crippen molar-refractivity contribution in [1.82, 2.24) is 4.98 Å². The minimum atomic E-state index is 0.198. The number of aromatic nitrogens is 1.